The van der Waals surface area contributed by atoms with Gasteiger partial charge in [-0.15, -0.1) is 0 Å². The van der Waals surface area contributed by atoms with Crippen molar-refractivity contribution >= 4 is 27.5 Å². The number of nitrogens with two attached hydrogens (primary N) is 1. The molecule has 0 saturated carbocycles. The second kappa shape index (κ2) is 5.92. The molecule has 0 fully saturated rings. The molecule has 0 atom stereocenters. The van der Waals surface area contributed by atoms with Crippen LogP contribution < -0.4 is 15.8 Å². The fraction of sp³-hybridized carbons (Fsp3) is 0.0714. The van der Waals surface area contributed by atoms with Gasteiger partial charge in [0.1, 0.15) is 0 Å². The van der Waals surface area contributed by atoms with E-state index >= 15 is 0 Å². The zero-order chi connectivity index (χ0) is 14.7. The Morgan fingerprint density at radius 1 is 1.25 bits per heavy atom. The van der Waals surface area contributed by atoms with E-state index < -0.39 is 5.82 Å². The number of hydrogen-bond donors (Lipinski definition) is 2. The van der Waals surface area contributed by atoms with Crippen molar-refractivity contribution in [2.24, 2.45) is 0 Å². The molecule has 2 aromatic carbocycles. The van der Waals surface area contributed by atoms with Crippen LogP contribution in [0, 0.1) is 5.82 Å². The van der Waals surface area contributed by atoms with Crippen molar-refractivity contribution in [3.05, 3.63) is 52.3 Å². The van der Waals surface area contributed by atoms with E-state index in [2.05, 4.69) is 21.2 Å². The van der Waals surface area contributed by atoms with Gasteiger partial charge < -0.3 is 15.8 Å². The summed E-state index contributed by atoms with van der Waals surface area (Å²) in [5, 5.41) is 2.49. The number of hydrogen-bond acceptors (Lipinski definition) is 3. The fourth-order valence-electron chi connectivity index (χ4n) is 1.60. The first-order chi connectivity index (χ1) is 9.51. The number of halogens is 2. The molecule has 0 bridgehead atoms. The number of amides is 1. The molecule has 20 heavy (non-hydrogen) atoms. The van der Waals surface area contributed by atoms with Crippen molar-refractivity contribution in [2.75, 3.05) is 12.8 Å². The first kappa shape index (κ1) is 14.3. The van der Waals surface area contributed by atoms with Gasteiger partial charge in [-0.25, -0.2) is 4.39 Å². The fourth-order valence-corrected chi connectivity index (χ4v) is 1.94. The van der Waals surface area contributed by atoms with Crippen molar-refractivity contribution in [2.45, 2.75) is 0 Å². The number of rotatable bonds is 3. The average molecular weight is 339 g/mol. The molecule has 104 valence electrons. The predicted octanol–water partition coefficient (Wildman–Crippen LogP) is 3.32. The molecule has 0 aliphatic heterocycles. The maximum atomic E-state index is 13.6. The zero-order valence-electron chi connectivity index (χ0n) is 10.6. The third-order valence-electron chi connectivity index (χ3n) is 2.61. The Kier molecular flexibility index (Phi) is 4.24. The highest BCUT2D eigenvalue weighted by Crippen LogP contribution is 2.31. The summed E-state index contributed by atoms with van der Waals surface area (Å²) in [6.07, 6.45) is 0. The van der Waals surface area contributed by atoms with Crippen LogP contribution in [0.4, 0.5) is 10.1 Å². The van der Waals surface area contributed by atoms with Crippen LogP contribution in [0.5, 0.6) is 11.5 Å². The molecule has 0 spiro atoms. The van der Waals surface area contributed by atoms with Gasteiger partial charge in [0.05, 0.1) is 5.69 Å². The number of anilines is 1. The van der Waals surface area contributed by atoms with Crippen molar-refractivity contribution in [1.29, 1.82) is 0 Å². The Bertz CT molecular complexity index is 662. The van der Waals surface area contributed by atoms with Gasteiger partial charge >= 0.3 is 0 Å². The second-order valence-electron chi connectivity index (χ2n) is 4.01. The number of ether oxygens (including phenoxy) is 1. The summed E-state index contributed by atoms with van der Waals surface area (Å²) >= 11 is 3.24. The van der Waals surface area contributed by atoms with Gasteiger partial charge in [-0.3, -0.25) is 4.79 Å². The van der Waals surface area contributed by atoms with Crippen molar-refractivity contribution in [3.63, 3.8) is 0 Å². The van der Waals surface area contributed by atoms with Gasteiger partial charge in [0.25, 0.3) is 5.91 Å². The third kappa shape index (κ3) is 3.08. The van der Waals surface area contributed by atoms with Crippen molar-refractivity contribution in [1.82, 2.24) is 5.32 Å². The average Bonchev–Trinajstić information content (AvgIpc) is 2.44. The standard InChI is InChI=1S/C14H12BrFN2O2/c1-18-14(19)8-2-5-12(11(17)6-8)20-13-7-9(15)3-4-10(13)16/h2-7H,17H2,1H3,(H,18,19). The lowest BCUT2D eigenvalue weighted by atomic mass is 10.2. The maximum Gasteiger partial charge on any atom is 0.251 e. The molecule has 2 rings (SSSR count). The van der Waals surface area contributed by atoms with Gasteiger partial charge in [-0.2, -0.15) is 0 Å². The van der Waals surface area contributed by atoms with E-state index in [4.69, 9.17) is 10.5 Å². The summed E-state index contributed by atoms with van der Waals surface area (Å²) in [6.45, 7) is 0. The number of carbonyl (C=O) groups is 1. The predicted molar refractivity (Wildman–Crippen MR) is 78.4 cm³/mol. The van der Waals surface area contributed by atoms with Gasteiger partial charge in [0.2, 0.25) is 0 Å². The smallest absolute Gasteiger partial charge is 0.251 e. The Balaban J connectivity index is 2.30. The molecule has 4 nitrogen and oxygen atoms in total. The topological polar surface area (TPSA) is 64.3 Å². The quantitative estimate of drug-likeness (QED) is 0.843. The molecule has 0 aromatic heterocycles. The molecule has 0 radical (unpaired) electrons. The van der Waals surface area contributed by atoms with Crippen LogP contribution in [0.1, 0.15) is 10.4 Å². The molecule has 6 heteroatoms. The normalized spacial score (nSPS) is 10.2. The second-order valence-corrected chi connectivity index (χ2v) is 4.92. The Labute approximate surface area is 123 Å². The van der Waals surface area contributed by atoms with Crippen LogP contribution in [0.2, 0.25) is 0 Å². The lowest BCUT2D eigenvalue weighted by Crippen LogP contribution is -2.17. The van der Waals surface area contributed by atoms with E-state index in [1.54, 1.807) is 12.1 Å². The van der Waals surface area contributed by atoms with Gasteiger partial charge in [-0.05, 0) is 36.4 Å². The lowest BCUT2D eigenvalue weighted by Gasteiger charge is -2.10. The van der Waals surface area contributed by atoms with E-state index in [1.165, 1.54) is 31.3 Å². The summed E-state index contributed by atoms with van der Waals surface area (Å²) in [4.78, 5) is 11.5. The molecule has 0 saturated heterocycles. The number of nitrogens with one attached hydrogen (secondary N) is 1. The van der Waals surface area contributed by atoms with Crippen LogP contribution in [0.15, 0.2) is 40.9 Å². The first-order valence-electron chi connectivity index (χ1n) is 5.76. The van der Waals surface area contributed by atoms with Crippen LogP contribution in [0.3, 0.4) is 0 Å². The summed E-state index contributed by atoms with van der Waals surface area (Å²) in [7, 11) is 1.53. The number of nitrogen functional groups attached to an aromatic ring is 1. The molecule has 2 aromatic rings. The molecular weight excluding hydrogens is 327 g/mol. The maximum absolute atomic E-state index is 13.6. The number of benzene rings is 2. The summed E-state index contributed by atoms with van der Waals surface area (Å²) in [5.74, 6) is -0.409. The molecular formula is C14H12BrFN2O2. The third-order valence-corrected chi connectivity index (χ3v) is 3.11. The van der Waals surface area contributed by atoms with E-state index in [9.17, 15) is 9.18 Å². The molecule has 0 aliphatic carbocycles. The summed E-state index contributed by atoms with van der Waals surface area (Å²) in [5.41, 5.74) is 6.48. The van der Waals surface area contributed by atoms with Gasteiger partial charge in [0.15, 0.2) is 17.3 Å². The van der Waals surface area contributed by atoms with Crippen LogP contribution in [0.25, 0.3) is 0 Å². The highest BCUT2D eigenvalue weighted by atomic mass is 79.9. The SMILES string of the molecule is CNC(=O)c1ccc(Oc2cc(Br)ccc2F)c(N)c1. The molecule has 0 heterocycles. The Morgan fingerprint density at radius 2 is 2.00 bits per heavy atom. The minimum atomic E-state index is -0.497. The van der Waals surface area contributed by atoms with Crippen LogP contribution in [-0.2, 0) is 0 Å². The molecule has 1 amide bonds. The monoisotopic (exact) mass is 338 g/mol. The van der Waals surface area contributed by atoms with Crippen molar-refractivity contribution in [3.8, 4) is 11.5 Å². The highest BCUT2D eigenvalue weighted by Gasteiger charge is 2.10. The molecule has 3 N–H and O–H groups in total. The van der Waals surface area contributed by atoms with Crippen molar-refractivity contribution < 1.29 is 13.9 Å². The molecule has 0 unspecified atom stereocenters. The zero-order valence-corrected chi connectivity index (χ0v) is 12.2. The Morgan fingerprint density at radius 3 is 2.65 bits per heavy atom. The lowest BCUT2D eigenvalue weighted by molar-refractivity contribution is 0.0963. The largest absolute Gasteiger partial charge is 0.452 e. The van der Waals surface area contributed by atoms with E-state index in [0.717, 1.165) is 0 Å². The summed E-state index contributed by atoms with van der Waals surface area (Å²) in [6, 6.07) is 8.92. The highest BCUT2D eigenvalue weighted by molar-refractivity contribution is 9.10. The Hall–Kier alpha value is -2.08. The van der Waals surface area contributed by atoms with Crippen LogP contribution >= 0.6 is 15.9 Å². The van der Waals surface area contributed by atoms with Gasteiger partial charge in [-0.1, -0.05) is 15.9 Å². The van der Waals surface area contributed by atoms with E-state index in [1.807, 2.05) is 0 Å². The summed E-state index contributed by atoms with van der Waals surface area (Å²) < 4.78 is 19.7. The van der Waals surface area contributed by atoms with E-state index in [-0.39, 0.29) is 23.1 Å². The minimum Gasteiger partial charge on any atom is -0.452 e. The number of carbonyl (C=O) groups excluding carboxylic acids is 1. The minimum absolute atomic E-state index is 0.0544. The van der Waals surface area contributed by atoms with E-state index in [0.29, 0.717) is 10.0 Å². The molecule has 0 aliphatic rings. The van der Waals surface area contributed by atoms with Crippen LogP contribution in [-0.4, -0.2) is 13.0 Å². The first-order valence-corrected chi connectivity index (χ1v) is 6.55. The van der Waals surface area contributed by atoms with Gasteiger partial charge in [0, 0.05) is 17.1 Å².